The molecule has 0 aliphatic rings. The average Bonchev–Trinajstić information content (AvgIpc) is 2.44. The van der Waals surface area contributed by atoms with Crippen LogP contribution in [0.15, 0.2) is 30.3 Å². The van der Waals surface area contributed by atoms with Gasteiger partial charge in [0.1, 0.15) is 5.69 Å². The second kappa shape index (κ2) is 7.58. The molecule has 0 bridgehead atoms. The van der Waals surface area contributed by atoms with Crippen molar-refractivity contribution in [1.29, 1.82) is 0 Å². The first kappa shape index (κ1) is 18.4. The Labute approximate surface area is 133 Å². The molecule has 0 aliphatic carbocycles. The Bertz CT molecular complexity index is 722. The highest BCUT2D eigenvalue weighted by atomic mass is 32.3. The van der Waals surface area contributed by atoms with Crippen LogP contribution in [-0.2, 0) is 10.4 Å². The van der Waals surface area contributed by atoms with Crippen molar-refractivity contribution in [3.63, 3.8) is 0 Å². The summed E-state index contributed by atoms with van der Waals surface area (Å²) in [5.41, 5.74) is 18.2. The predicted molar refractivity (Wildman–Crippen MR) is 87.9 cm³/mol. The number of hydrogen-bond acceptors (Lipinski definition) is 8. The lowest BCUT2D eigenvalue weighted by atomic mass is 10.1. The van der Waals surface area contributed by atoms with Crippen molar-refractivity contribution in [1.82, 2.24) is 9.97 Å². The third kappa shape index (κ3) is 6.78. The molecule has 1 heterocycles. The summed E-state index contributed by atoms with van der Waals surface area (Å²) >= 11 is 0. The third-order valence-electron chi connectivity index (χ3n) is 2.65. The molecule has 1 aromatic carbocycles. The van der Waals surface area contributed by atoms with E-state index < -0.39 is 10.4 Å². The van der Waals surface area contributed by atoms with E-state index in [1.165, 1.54) is 0 Å². The van der Waals surface area contributed by atoms with Crippen LogP contribution in [0.4, 0.5) is 23.3 Å². The Kier molecular flexibility index (Phi) is 6.07. The van der Waals surface area contributed by atoms with Gasteiger partial charge in [-0.1, -0.05) is 30.3 Å². The van der Waals surface area contributed by atoms with Gasteiger partial charge in [0.15, 0.2) is 11.6 Å². The van der Waals surface area contributed by atoms with Crippen LogP contribution in [0.5, 0.6) is 0 Å². The van der Waals surface area contributed by atoms with E-state index in [4.69, 9.17) is 34.7 Å². The summed E-state index contributed by atoms with van der Waals surface area (Å²) in [7, 11) is -4.67. The van der Waals surface area contributed by atoms with Crippen molar-refractivity contribution in [2.45, 2.75) is 13.0 Å². The summed E-state index contributed by atoms with van der Waals surface area (Å²) in [5, 5.41) is 3.13. The molecular formula is C12H18N6O4S. The van der Waals surface area contributed by atoms with Crippen molar-refractivity contribution in [3.05, 3.63) is 35.9 Å². The zero-order chi connectivity index (χ0) is 17.6. The van der Waals surface area contributed by atoms with E-state index >= 15 is 0 Å². The van der Waals surface area contributed by atoms with E-state index in [0.29, 0.717) is 5.95 Å². The summed E-state index contributed by atoms with van der Waals surface area (Å²) in [6, 6.07) is 9.99. The van der Waals surface area contributed by atoms with Crippen LogP contribution in [0.25, 0.3) is 0 Å². The van der Waals surface area contributed by atoms with Gasteiger partial charge in [0, 0.05) is 0 Å². The van der Waals surface area contributed by atoms with Gasteiger partial charge in [-0.2, -0.15) is 18.4 Å². The van der Waals surface area contributed by atoms with Gasteiger partial charge in [0.05, 0.1) is 6.04 Å². The zero-order valence-electron chi connectivity index (χ0n) is 12.2. The summed E-state index contributed by atoms with van der Waals surface area (Å²) in [5.74, 6) is 0.742. The van der Waals surface area contributed by atoms with E-state index in [1.807, 2.05) is 37.3 Å². The maximum absolute atomic E-state index is 8.74. The average molecular weight is 342 g/mol. The highest BCUT2D eigenvalue weighted by Gasteiger charge is 2.10. The molecule has 0 saturated carbocycles. The molecule has 1 unspecified atom stereocenters. The van der Waals surface area contributed by atoms with Crippen LogP contribution in [0, 0.1) is 0 Å². The number of nitrogen functional groups attached to an aromatic ring is 3. The first-order chi connectivity index (χ1) is 10.6. The molecule has 0 saturated heterocycles. The molecule has 9 N–H and O–H groups in total. The molecule has 10 nitrogen and oxygen atoms in total. The van der Waals surface area contributed by atoms with Gasteiger partial charge in [-0.3, -0.25) is 9.11 Å². The number of benzene rings is 1. The number of hydrogen-bond donors (Lipinski definition) is 6. The van der Waals surface area contributed by atoms with Gasteiger partial charge in [-0.25, -0.2) is 0 Å². The van der Waals surface area contributed by atoms with Crippen LogP contribution in [0.2, 0.25) is 0 Å². The summed E-state index contributed by atoms with van der Waals surface area (Å²) in [4.78, 5) is 8.10. The SMILES string of the molecule is CC(Nc1nc(N)c(N)c(N)n1)c1ccccc1.O=S(=O)(O)O. The molecule has 0 fully saturated rings. The monoisotopic (exact) mass is 342 g/mol. The molecule has 0 amide bonds. The Balaban J connectivity index is 0.000000463. The topological polar surface area (TPSA) is 190 Å². The molecule has 1 aromatic heterocycles. The number of nitrogens with zero attached hydrogens (tertiary/aromatic N) is 2. The second-order valence-electron chi connectivity index (χ2n) is 4.46. The largest absolute Gasteiger partial charge is 0.394 e. The van der Waals surface area contributed by atoms with Crippen molar-refractivity contribution in [2.24, 2.45) is 0 Å². The number of nitrogens with two attached hydrogens (primary N) is 3. The summed E-state index contributed by atoms with van der Waals surface area (Å²) in [6.45, 7) is 2.00. The number of aromatic nitrogens is 2. The molecule has 0 radical (unpaired) electrons. The highest BCUT2D eigenvalue weighted by molar-refractivity contribution is 7.79. The lowest BCUT2D eigenvalue weighted by molar-refractivity contribution is 0.381. The van der Waals surface area contributed by atoms with E-state index in [1.54, 1.807) is 0 Å². The van der Waals surface area contributed by atoms with Gasteiger partial charge < -0.3 is 22.5 Å². The Hall–Kier alpha value is -2.63. The van der Waals surface area contributed by atoms with Crippen molar-refractivity contribution < 1.29 is 17.5 Å². The van der Waals surface area contributed by atoms with E-state index in [9.17, 15) is 0 Å². The Morgan fingerprint density at radius 3 is 1.91 bits per heavy atom. The number of rotatable bonds is 3. The lowest BCUT2D eigenvalue weighted by Gasteiger charge is -2.15. The van der Waals surface area contributed by atoms with Gasteiger partial charge in [0.2, 0.25) is 5.95 Å². The Morgan fingerprint density at radius 1 is 1.04 bits per heavy atom. The Morgan fingerprint density at radius 2 is 1.48 bits per heavy atom. The fourth-order valence-corrected chi connectivity index (χ4v) is 1.59. The van der Waals surface area contributed by atoms with Gasteiger partial charge in [0.25, 0.3) is 0 Å². The first-order valence-electron chi connectivity index (χ1n) is 6.27. The van der Waals surface area contributed by atoms with Gasteiger partial charge in [-0.15, -0.1) is 0 Å². The molecule has 0 aliphatic heterocycles. The minimum absolute atomic E-state index is 0.0497. The lowest BCUT2D eigenvalue weighted by Crippen LogP contribution is -2.13. The fourth-order valence-electron chi connectivity index (χ4n) is 1.59. The molecule has 126 valence electrons. The molecule has 11 heteroatoms. The van der Waals surface area contributed by atoms with Crippen LogP contribution in [-0.4, -0.2) is 27.5 Å². The normalized spacial score (nSPS) is 12.0. The summed E-state index contributed by atoms with van der Waals surface area (Å²) in [6.07, 6.45) is 0. The van der Waals surface area contributed by atoms with Gasteiger partial charge in [-0.05, 0) is 12.5 Å². The second-order valence-corrected chi connectivity index (χ2v) is 5.35. The van der Waals surface area contributed by atoms with Crippen molar-refractivity contribution in [3.8, 4) is 0 Å². The smallest absolute Gasteiger partial charge is 0.393 e. The minimum Gasteiger partial charge on any atom is -0.393 e. The number of anilines is 4. The molecule has 23 heavy (non-hydrogen) atoms. The quantitative estimate of drug-likeness (QED) is 0.433. The molecule has 1 atom stereocenters. The maximum Gasteiger partial charge on any atom is 0.394 e. The van der Waals surface area contributed by atoms with Crippen LogP contribution < -0.4 is 22.5 Å². The fraction of sp³-hybridized carbons (Fsp3) is 0.167. The molecule has 2 aromatic rings. The predicted octanol–water partition coefficient (Wildman–Crippen LogP) is 0.744. The summed E-state index contributed by atoms with van der Waals surface area (Å²) < 4.78 is 31.6. The van der Waals surface area contributed by atoms with E-state index in [2.05, 4.69) is 15.3 Å². The van der Waals surface area contributed by atoms with Crippen molar-refractivity contribution >= 4 is 33.7 Å². The standard InChI is InChI=1S/C12H16N6.H2O4S/c1-7(8-5-3-2-4-6-8)16-12-17-10(14)9(13)11(15)18-12;1-5(2,3)4/h2-7H,13H2,1H3,(H5,14,15,16,17,18);(H2,1,2,3,4). The number of nitrogens with one attached hydrogen (secondary N) is 1. The van der Waals surface area contributed by atoms with E-state index in [-0.39, 0.29) is 23.4 Å². The molecular weight excluding hydrogens is 324 g/mol. The minimum atomic E-state index is -4.67. The molecule has 0 spiro atoms. The van der Waals surface area contributed by atoms with Crippen LogP contribution in [0.3, 0.4) is 0 Å². The van der Waals surface area contributed by atoms with Crippen LogP contribution in [0.1, 0.15) is 18.5 Å². The molecule has 2 rings (SSSR count). The maximum atomic E-state index is 8.74. The zero-order valence-corrected chi connectivity index (χ0v) is 13.0. The first-order valence-corrected chi connectivity index (χ1v) is 7.67. The third-order valence-corrected chi connectivity index (χ3v) is 2.65. The van der Waals surface area contributed by atoms with Crippen molar-refractivity contribution in [2.75, 3.05) is 22.5 Å². The van der Waals surface area contributed by atoms with Gasteiger partial charge >= 0.3 is 10.4 Å². The van der Waals surface area contributed by atoms with Crippen LogP contribution >= 0.6 is 0 Å². The van der Waals surface area contributed by atoms with E-state index in [0.717, 1.165) is 5.56 Å². The highest BCUT2D eigenvalue weighted by Crippen LogP contribution is 2.22.